The van der Waals surface area contributed by atoms with E-state index in [0.717, 1.165) is 38.4 Å². The Labute approximate surface area is 142 Å². The third-order valence-electron chi connectivity index (χ3n) is 5.28. The highest BCUT2D eigenvalue weighted by atomic mass is 35.5. The second-order valence-electron chi connectivity index (χ2n) is 6.92. The number of benzene rings is 1. The Balaban J connectivity index is 1.86. The molecule has 0 atom stereocenters. The molecule has 1 aromatic rings. The third kappa shape index (κ3) is 3.14. The van der Waals surface area contributed by atoms with E-state index in [9.17, 15) is 12.8 Å². The fourth-order valence-electron chi connectivity index (χ4n) is 3.57. The monoisotopic (exact) mass is 360 g/mol. The molecular formula is C16H22ClFN2O2S. The number of hydrogen-bond donors (Lipinski definition) is 0. The first-order valence-electron chi connectivity index (χ1n) is 7.88. The Morgan fingerprint density at radius 2 is 1.78 bits per heavy atom. The summed E-state index contributed by atoms with van der Waals surface area (Å²) < 4.78 is 40.9. The summed E-state index contributed by atoms with van der Waals surface area (Å²) in [5.74, 6) is -0.484. The predicted molar refractivity (Wildman–Crippen MR) is 88.7 cm³/mol. The third-order valence-corrected chi connectivity index (χ3v) is 7.59. The number of aryl methyl sites for hydroxylation is 1. The second kappa shape index (κ2) is 5.99. The van der Waals surface area contributed by atoms with Crippen LogP contribution in [0.3, 0.4) is 0 Å². The number of piperidine rings is 1. The van der Waals surface area contributed by atoms with E-state index in [4.69, 9.17) is 11.6 Å². The number of sulfonamides is 1. The molecule has 2 aliphatic heterocycles. The highest BCUT2D eigenvalue weighted by molar-refractivity contribution is 7.89. The molecule has 23 heavy (non-hydrogen) atoms. The van der Waals surface area contributed by atoms with Gasteiger partial charge in [0.2, 0.25) is 10.0 Å². The average molecular weight is 361 g/mol. The van der Waals surface area contributed by atoms with Gasteiger partial charge < -0.3 is 4.90 Å². The van der Waals surface area contributed by atoms with Crippen molar-refractivity contribution in [3.05, 3.63) is 28.5 Å². The lowest BCUT2D eigenvalue weighted by Gasteiger charge is -2.37. The summed E-state index contributed by atoms with van der Waals surface area (Å²) >= 11 is 6.01. The molecule has 0 N–H and O–H groups in total. The molecule has 2 saturated heterocycles. The summed E-state index contributed by atoms with van der Waals surface area (Å²) in [5, 5.41) is -0.0440. The fraction of sp³-hybridized carbons (Fsp3) is 0.625. The van der Waals surface area contributed by atoms with Crippen LogP contribution in [-0.2, 0) is 10.0 Å². The maximum atomic E-state index is 13.5. The number of likely N-dealkylation sites (tertiary alicyclic amines) is 1. The number of halogens is 2. The first-order valence-corrected chi connectivity index (χ1v) is 9.70. The van der Waals surface area contributed by atoms with Crippen molar-refractivity contribution < 1.29 is 12.8 Å². The van der Waals surface area contributed by atoms with E-state index in [-0.39, 0.29) is 15.3 Å². The van der Waals surface area contributed by atoms with Gasteiger partial charge in [-0.3, -0.25) is 0 Å². The van der Waals surface area contributed by atoms with Crippen molar-refractivity contribution in [2.24, 2.45) is 5.41 Å². The van der Waals surface area contributed by atoms with Crippen LogP contribution in [0.15, 0.2) is 17.0 Å². The molecule has 1 spiro atoms. The number of hydrogen-bond acceptors (Lipinski definition) is 3. The van der Waals surface area contributed by atoms with Gasteiger partial charge in [-0.2, -0.15) is 4.31 Å². The van der Waals surface area contributed by atoms with Gasteiger partial charge in [0, 0.05) is 13.1 Å². The van der Waals surface area contributed by atoms with Gasteiger partial charge in [0.1, 0.15) is 10.7 Å². The first kappa shape index (κ1) is 17.1. The van der Waals surface area contributed by atoms with E-state index >= 15 is 0 Å². The van der Waals surface area contributed by atoms with Crippen LogP contribution in [0.5, 0.6) is 0 Å². The van der Waals surface area contributed by atoms with Crippen molar-refractivity contribution in [2.45, 2.75) is 31.1 Å². The van der Waals surface area contributed by atoms with Gasteiger partial charge in [0.15, 0.2) is 0 Å². The molecule has 0 amide bonds. The van der Waals surface area contributed by atoms with Crippen LogP contribution >= 0.6 is 11.6 Å². The van der Waals surface area contributed by atoms with Crippen LogP contribution in [0.2, 0.25) is 5.02 Å². The molecule has 0 aliphatic carbocycles. The van der Waals surface area contributed by atoms with Crippen LogP contribution in [0.1, 0.15) is 24.8 Å². The van der Waals surface area contributed by atoms with Crippen molar-refractivity contribution >= 4 is 21.6 Å². The molecule has 4 nitrogen and oxygen atoms in total. The summed E-state index contributed by atoms with van der Waals surface area (Å²) in [6.45, 7) is 4.61. The van der Waals surface area contributed by atoms with Crippen LogP contribution < -0.4 is 0 Å². The lowest BCUT2D eigenvalue weighted by molar-refractivity contribution is 0.134. The van der Waals surface area contributed by atoms with Gasteiger partial charge in [-0.1, -0.05) is 11.6 Å². The highest BCUT2D eigenvalue weighted by Crippen LogP contribution is 2.42. The van der Waals surface area contributed by atoms with Gasteiger partial charge in [0.05, 0.1) is 5.02 Å². The number of nitrogens with zero attached hydrogens (tertiary/aromatic N) is 2. The smallest absolute Gasteiger partial charge is 0.244 e. The molecule has 7 heteroatoms. The van der Waals surface area contributed by atoms with Gasteiger partial charge >= 0.3 is 0 Å². The Morgan fingerprint density at radius 1 is 1.17 bits per heavy atom. The molecule has 0 saturated carbocycles. The predicted octanol–water partition coefficient (Wildman–Crippen LogP) is 2.89. The van der Waals surface area contributed by atoms with E-state index in [1.165, 1.54) is 10.4 Å². The zero-order chi connectivity index (χ0) is 16.8. The van der Waals surface area contributed by atoms with Crippen molar-refractivity contribution in [1.29, 1.82) is 0 Å². The van der Waals surface area contributed by atoms with Gasteiger partial charge in [-0.05, 0) is 69.4 Å². The molecule has 0 aromatic heterocycles. The number of rotatable bonds is 2. The average Bonchev–Trinajstić information content (AvgIpc) is 2.91. The van der Waals surface area contributed by atoms with Gasteiger partial charge in [-0.25, -0.2) is 12.8 Å². The van der Waals surface area contributed by atoms with Gasteiger partial charge in [0.25, 0.3) is 0 Å². The molecule has 1 aromatic carbocycles. The summed E-state index contributed by atoms with van der Waals surface area (Å²) in [6, 6.07) is 2.43. The minimum Gasteiger partial charge on any atom is -0.306 e. The molecule has 0 radical (unpaired) electrons. The Hall–Kier alpha value is -0.690. The normalized spacial score (nSPS) is 22.8. The van der Waals surface area contributed by atoms with Crippen LogP contribution in [0.25, 0.3) is 0 Å². The van der Waals surface area contributed by atoms with Crippen LogP contribution in [-0.4, -0.2) is 50.8 Å². The molecule has 0 unspecified atom stereocenters. The lowest BCUT2D eigenvalue weighted by Crippen LogP contribution is -2.40. The zero-order valence-electron chi connectivity index (χ0n) is 13.5. The van der Waals surface area contributed by atoms with Crippen molar-refractivity contribution in [1.82, 2.24) is 9.21 Å². The second-order valence-corrected chi connectivity index (χ2v) is 9.24. The largest absolute Gasteiger partial charge is 0.306 e. The molecule has 2 heterocycles. The van der Waals surface area contributed by atoms with Crippen LogP contribution in [0, 0.1) is 18.2 Å². The van der Waals surface area contributed by atoms with Crippen LogP contribution in [0.4, 0.5) is 4.39 Å². The molecule has 0 bridgehead atoms. The van der Waals surface area contributed by atoms with Crippen molar-refractivity contribution in [3.8, 4) is 0 Å². The Bertz CT molecular complexity index is 715. The van der Waals surface area contributed by atoms with E-state index in [0.29, 0.717) is 18.7 Å². The maximum absolute atomic E-state index is 13.5. The summed E-state index contributed by atoms with van der Waals surface area (Å²) in [6.07, 6.45) is 2.93. The molecule has 3 rings (SSSR count). The van der Waals surface area contributed by atoms with E-state index < -0.39 is 15.8 Å². The molecule has 2 fully saturated rings. The quantitative estimate of drug-likeness (QED) is 0.814. The molecular weight excluding hydrogens is 339 g/mol. The fourth-order valence-corrected chi connectivity index (χ4v) is 5.70. The Morgan fingerprint density at radius 3 is 2.43 bits per heavy atom. The first-order chi connectivity index (χ1) is 10.7. The van der Waals surface area contributed by atoms with Crippen molar-refractivity contribution in [3.63, 3.8) is 0 Å². The maximum Gasteiger partial charge on any atom is 0.244 e. The van der Waals surface area contributed by atoms with E-state index in [1.807, 2.05) is 0 Å². The molecule has 2 aliphatic rings. The standard InChI is InChI=1S/C16H22ClFN2O2S/c1-12-9-15(13(17)10-14(12)18)23(21,22)20-8-5-16(11-20)3-6-19(2)7-4-16/h9-10H,3-8,11H2,1-2H3. The highest BCUT2D eigenvalue weighted by Gasteiger charge is 2.44. The van der Waals surface area contributed by atoms with Crippen molar-refractivity contribution in [2.75, 3.05) is 33.2 Å². The minimum absolute atomic E-state index is 0.0167. The summed E-state index contributed by atoms with van der Waals surface area (Å²) in [5.41, 5.74) is 0.377. The SMILES string of the molecule is Cc1cc(S(=O)(=O)N2CCC3(CCN(C)CC3)C2)c(Cl)cc1F. The Kier molecular flexibility index (Phi) is 4.46. The lowest BCUT2D eigenvalue weighted by atomic mass is 9.78. The zero-order valence-corrected chi connectivity index (χ0v) is 15.1. The van der Waals surface area contributed by atoms with Gasteiger partial charge in [-0.15, -0.1) is 0 Å². The summed E-state index contributed by atoms with van der Waals surface area (Å²) in [4.78, 5) is 2.30. The van der Waals surface area contributed by atoms with E-state index in [1.54, 1.807) is 6.92 Å². The minimum atomic E-state index is -3.68. The van der Waals surface area contributed by atoms with E-state index in [2.05, 4.69) is 11.9 Å². The topological polar surface area (TPSA) is 40.6 Å². The summed E-state index contributed by atoms with van der Waals surface area (Å²) in [7, 11) is -1.58. The molecule has 128 valence electrons.